The van der Waals surface area contributed by atoms with E-state index in [-0.39, 0.29) is 22.8 Å². The minimum Gasteiger partial charge on any atom is -0.494 e. The Balaban J connectivity index is 1.50. The van der Waals surface area contributed by atoms with Gasteiger partial charge in [-0.15, -0.1) is 0 Å². The van der Waals surface area contributed by atoms with Gasteiger partial charge in [-0.25, -0.2) is 4.98 Å². The third-order valence-electron chi connectivity index (χ3n) is 7.85. The fourth-order valence-electron chi connectivity index (χ4n) is 6.08. The number of hydrogen-bond donors (Lipinski definition) is 1. The largest absolute Gasteiger partial charge is 0.494 e. The highest BCUT2D eigenvalue weighted by Gasteiger charge is 2.48. The SMILES string of the molecule is CCOc1ncccc1-c1ccc2c(n1)CNC[C@]21CCN(c2cncc(OC)c2C(F)(F)F)C[C@H]1CC. The number of nitrogens with zero attached hydrogens (tertiary/aromatic N) is 4. The lowest BCUT2D eigenvalue weighted by molar-refractivity contribution is -0.138. The molecule has 38 heavy (non-hydrogen) atoms. The van der Waals surface area contributed by atoms with E-state index in [4.69, 9.17) is 14.5 Å². The van der Waals surface area contributed by atoms with E-state index in [1.807, 2.05) is 30.0 Å². The zero-order valence-electron chi connectivity index (χ0n) is 21.8. The summed E-state index contributed by atoms with van der Waals surface area (Å²) in [5.74, 6) is 0.403. The minimum atomic E-state index is -4.55. The van der Waals surface area contributed by atoms with E-state index >= 15 is 0 Å². The summed E-state index contributed by atoms with van der Waals surface area (Å²) >= 11 is 0. The Morgan fingerprint density at radius 1 is 1.18 bits per heavy atom. The second-order valence-electron chi connectivity index (χ2n) is 9.77. The van der Waals surface area contributed by atoms with Crippen molar-refractivity contribution in [1.82, 2.24) is 20.3 Å². The van der Waals surface area contributed by atoms with E-state index in [0.29, 0.717) is 38.5 Å². The first-order chi connectivity index (χ1) is 18.3. The average Bonchev–Trinajstić information content (AvgIpc) is 2.93. The number of alkyl halides is 3. The molecular formula is C28H32F3N5O2. The van der Waals surface area contributed by atoms with Crippen LogP contribution < -0.4 is 19.7 Å². The van der Waals surface area contributed by atoms with Crippen LogP contribution in [0.5, 0.6) is 11.6 Å². The molecule has 2 aliphatic rings. The van der Waals surface area contributed by atoms with Gasteiger partial charge in [-0.2, -0.15) is 13.2 Å². The summed E-state index contributed by atoms with van der Waals surface area (Å²) in [6.07, 6.45) is 1.09. The Labute approximate surface area is 220 Å². The fraction of sp³-hybridized carbons (Fsp3) is 0.464. The Morgan fingerprint density at radius 3 is 2.76 bits per heavy atom. The summed E-state index contributed by atoms with van der Waals surface area (Å²) in [6, 6.07) is 7.97. The standard InChI is InChI=1S/C28H32F3N5O2/c1-4-18-16-36(23-14-32-15-24(37-3)25(23)28(29,30)31)12-10-27(18)17-33-13-22-20(27)8-9-21(35-22)19-7-6-11-34-26(19)38-5-2/h6-9,11,14-15,18,33H,4-5,10,12-13,16-17H2,1-3H3/t18-,27+/m1/s1. The van der Waals surface area contributed by atoms with Crippen molar-refractivity contribution in [2.24, 2.45) is 5.92 Å². The van der Waals surface area contributed by atoms with E-state index in [1.165, 1.54) is 18.9 Å². The molecule has 3 aromatic rings. The molecule has 5 heterocycles. The molecule has 202 valence electrons. The van der Waals surface area contributed by atoms with E-state index in [0.717, 1.165) is 36.1 Å². The average molecular weight is 528 g/mol. The molecule has 0 unspecified atom stereocenters. The van der Waals surface area contributed by atoms with Gasteiger partial charge in [0.25, 0.3) is 0 Å². The molecular weight excluding hydrogens is 495 g/mol. The van der Waals surface area contributed by atoms with Crippen LogP contribution in [-0.4, -0.2) is 48.3 Å². The van der Waals surface area contributed by atoms with Gasteiger partial charge >= 0.3 is 6.18 Å². The Hall–Kier alpha value is -3.40. The van der Waals surface area contributed by atoms with Crippen LogP contribution in [0.25, 0.3) is 11.3 Å². The van der Waals surface area contributed by atoms with Crippen molar-refractivity contribution in [1.29, 1.82) is 0 Å². The van der Waals surface area contributed by atoms with E-state index in [9.17, 15) is 13.2 Å². The van der Waals surface area contributed by atoms with E-state index in [1.54, 1.807) is 6.20 Å². The number of pyridine rings is 3. The molecule has 0 radical (unpaired) electrons. The first-order valence-corrected chi connectivity index (χ1v) is 13.0. The first-order valence-electron chi connectivity index (χ1n) is 13.0. The second-order valence-corrected chi connectivity index (χ2v) is 9.77. The number of rotatable bonds is 6. The van der Waals surface area contributed by atoms with Gasteiger partial charge in [-0.05, 0) is 43.0 Å². The highest BCUT2D eigenvalue weighted by Crippen LogP contribution is 2.48. The quantitative estimate of drug-likeness (QED) is 0.470. The second kappa shape index (κ2) is 10.4. The maximum atomic E-state index is 14.1. The molecule has 3 aromatic heterocycles. The monoisotopic (exact) mass is 527 g/mol. The lowest BCUT2D eigenvalue weighted by Crippen LogP contribution is -2.57. The van der Waals surface area contributed by atoms with Crippen molar-refractivity contribution in [2.45, 2.75) is 44.8 Å². The van der Waals surface area contributed by atoms with E-state index in [2.05, 4.69) is 28.3 Å². The third kappa shape index (κ3) is 4.55. The number of ether oxygens (including phenoxy) is 2. The van der Waals surface area contributed by atoms with Gasteiger partial charge in [0.2, 0.25) is 5.88 Å². The Kier molecular flexibility index (Phi) is 7.17. The maximum absolute atomic E-state index is 14.1. The molecule has 1 N–H and O–H groups in total. The van der Waals surface area contributed by atoms with Crippen molar-refractivity contribution in [2.75, 3.05) is 38.3 Å². The molecule has 1 saturated heterocycles. The molecule has 0 aliphatic carbocycles. The maximum Gasteiger partial charge on any atom is 0.422 e. The number of hydrogen-bond acceptors (Lipinski definition) is 7. The van der Waals surface area contributed by atoms with Crippen LogP contribution in [0.3, 0.4) is 0 Å². The molecule has 1 fully saturated rings. The third-order valence-corrected chi connectivity index (χ3v) is 7.85. The number of aromatic nitrogens is 3. The molecule has 2 aliphatic heterocycles. The van der Waals surface area contributed by atoms with Gasteiger partial charge in [0, 0.05) is 37.8 Å². The van der Waals surface area contributed by atoms with Crippen LogP contribution in [-0.2, 0) is 18.1 Å². The van der Waals surface area contributed by atoms with Crippen molar-refractivity contribution >= 4 is 5.69 Å². The highest BCUT2D eigenvalue weighted by molar-refractivity contribution is 5.66. The van der Waals surface area contributed by atoms with Crippen LogP contribution in [0.4, 0.5) is 18.9 Å². The topological polar surface area (TPSA) is 72.4 Å². The van der Waals surface area contributed by atoms with Crippen LogP contribution in [0.1, 0.15) is 43.5 Å². The summed E-state index contributed by atoms with van der Waals surface area (Å²) in [6.45, 7) is 6.86. The summed E-state index contributed by atoms with van der Waals surface area (Å²) in [4.78, 5) is 15.2. The first kappa shape index (κ1) is 26.2. The number of fused-ring (bicyclic) bond motifs is 2. The summed E-state index contributed by atoms with van der Waals surface area (Å²) in [5.41, 5.74) is 2.84. The van der Waals surface area contributed by atoms with Gasteiger partial charge in [0.1, 0.15) is 5.56 Å². The van der Waals surface area contributed by atoms with Gasteiger partial charge in [-0.3, -0.25) is 9.97 Å². The molecule has 0 aromatic carbocycles. The highest BCUT2D eigenvalue weighted by atomic mass is 19.4. The Morgan fingerprint density at radius 2 is 2.03 bits per heavy atom. The zero-order valence-corrected chi connectivity index (χ0v) is 21.8. The van der Waals surface area contributed by atoms with Gasteiger partial charge < -0.3 is 19.7 Å². The number of methoxy groups -OCH3 is 1. The molecule has 7 nitrogen and oxygen atoms in total. The van der Waals surface area contributed by atoms with Crippen molar-refractivity contribution in [3.8, 4) is 22.9 Å². The predicted octanol–water partition coefficient (Wildman–Crippen LogP) is 5.24. The van der Waals surface area contributed by atoms with Crippen molar-refractivity contribution < 1.29 is 22.6 Å². The van der Waals surface area contributed by atoms with Crippen molar-refractivity contribution in [3.05, 3.63) is 59.7 Å². The fourth-order valence-corrected chi connectivity index (χ4v) is 6.08. The predicted molar refractivity (Wildman–Crippen MR) is 138 cm³/mol. The molecule has 1 spiro atoms. The van der Waals surface area contributed by atoms with E-state index < -0.39 is 11.7 Å². The molecule has 5 rings (SSSR count). The minimum absolute atomic E-state index is 0.0719. The van der Waals surface area contributed by atoms with Crippen LogP contribution in [0.15, 0.2) is 42.9 Å². The molecule has 0 bridgehead atoms. The molecule has 10 heteroatoms. The zero-order chi connectivity index (χ0) is 26.9. The lowest BCUT2D eigenvalue weighted by Gasteiger charge is -2.51. The Bertz CT molecular complexity index is 1300. The summed E-state index contributed by atoms with van der Waals surface area (Å²) in [5, 5.41) is 3.55. The van der Waals surface area contributed by atoms with Crippen LogP contribution in [0.2, 0.25) is 0 Å². The molecule has 0 amide bonds. The lowest BCUT2D eigenvalue weighted by atomic mass is 9.63. The number of nitrogens with one attached hydrogen (secondary N) is 1. The van der Waals surface area contributed by atoms with Gasteiger partial charge in [0.05, 0.1) is 48.7 Å². The van der Waals surface area contributed by atoms with Crippen LogP contribution >= 0.6 is 0 Å². The molecule has 0 saturated carbocycles. The number of halogens is 3. The summed E-state index contributed by atoms with van der Waals surface area (Å²) < 4.78 is 53.0. The van der Waals surface area contributed by atoms with Gasteiger partial charge in [-0.1, -0.05) is 19.4 Å². The normalized spacial score (nSPS) is 21.3. The number of piperidine rings is 1. The van der Waals surface area contributed by atoms with Crippen molar-refractivity contribution in [3.63, 3.8) is 0 Å². The van der Waals surface area contributed by atoms with Gasteiger partial charge in [0.15, 0.2) is 5.75 Å². The number of anilines is 1. The van der Waals surface area contributed by atoms with Crippen LogP contribution in [0, 0.1) is 5.92 Å². The summed E-state index contributed by atoms with van der Waals surface area (Å²) in [7, 11) is 1.24. The molecule has 2 atom stereocenters. The smallest absolute Gasteiger partial charge is 0.422 e.